The monoisotopic (exact) mass is 326 g/mol. The van der Waals surface area contributed by atoms with E-state index in [4.69, 9.17) is 9.47 Å². The number of ether oxygens (including phenoxy) is 2. The standard InChI is InChI=1S/C19H18O3S/c1-4-21-19(20)14-10-17(16-9-13(3)23-18(16)11-14)22-15-7-5-12(2)6-8-15/h5-11H,4H2,1-3H3. The molecule has 0 aliphatic heterocycles. The highest BCUT2D eigenvalue weighted by molar-refractivity contribution is 7.19. The summed E-state index contributed by atoms with van der Waals surface area (Å²) in [6.45, 7) is 6.24. The molecule has 0 saturated heterocycles. The quantitative estimate of drug-likeness (QED) is 0.595. The van der Waals surface area contributed by atoms with E-state index in [1.54, 1.807) is 24.3 Å². The van der Waals surface area contributed by atoms with Gasteiger partial charge in [-0.05, 0) is 51.1 Å². The summed E-state index contributed by atoms with van der Waals surface area (Å²) < 4.78 is 12.2. The smallest absolute Gasteiger partial charge is 0.338 e. The van der Waals surface area contributed by atoms with Crippen LogP contribution in [0, 0.1) is 13.8 Å². The topological polar surface area (TPSA) is 35.5 Å². The summed E-state index contributed by atoms with van der Waals surface area (Å²) >= 11 is 1.64. The number of thiophene rings is 1. The van der Waals surface area contributed by atoms with Gasteiger partial charge in [-0.2, -0.15) is 0 Å². The maximum absolute atomic E-state index is 12.1. The molecule has 0 atom stereocenters. The van der Waals surface area contributed by atoms with Crippen LogP contribution in [0.5, 0.6) is 11.5 Å². The number of carbonyl (C=O) groups excluding carboxylic acids is 1. The van der Waals surface area contributed by atoms with Gasteiger partial charge in [-0.25, -0.2) is 4.79 Å². The number of hydrogen-bond donors (Lipinski definition) is 0. The first-order valence-corrected chi connectivity index (χ1v) is 8.34. The molecule has 0 aliphatic rings. The van der Waals surface area contributed by atoms with Crippen molar-refractivity contribution in [2.24, 2.45) is 0 Å². The minimum atomic E-state index is -0.325. The Morgan fingerprint density at radius 1 is 1.09 bits per heavy atom. The Kier molecular flexibility index (Phi) is 4.35. The SMILES string of the molecule is CCOC(=O)c1cc(Oc2ccc(C)cc2)c2cc(C)sc2c1. The first-order valence-electron chi connectivity index (χ1n) is 7.52. The lowest BCUT2D eigenvalue weighted by Crippen LogP contribution is -2.04. The van der Waals surface area contributed by atoms with E-state index in [-0.39, 0.29) is 5.97 Å². The first-order chi connectivity index (χ1) is 11.1. The maximum Gasteiger partial charge on any atom is 0.338 e. The molecular formula is C19H18O3S. The van der Waals surface area contributed by atoms with Crippen LogP contribution in [0.3, 0.4) is 0 Å². The molecule has 1 heterocycles. The fraction of sp³-hybridized carbons (Fsp3) is 0.211. The number of fused-ring (bicyclic) bond motifs is 1. The van der Waals surface area contributed by atoms with Crippen molar-refractivity contribution in [2.45, 2.75) is 20.8 Å². The molecule has 0 spiro atoms. The molecular weight excluding hydrogens is 308 g/mol. The van der Waals surface area contributed by atoms with Gasteiger partial charge < -0.3 is 9.47 Å². The number of aryl methyl sites for hydroxylation is 2. The van der Waals surface area contributed by atoms with Gasteiger partial charge in [0.05, 0.1) is 12.2 Å². The lowest BCUT2D eigenvalue weighted by Gasteiger charge is -2.10. The summed E-state index contributed by atoms with van der Waals surface area (Å²) in [5.41, 5.74) is 1.69. The Morgan fingerprint density at radius 2 is 1.83 bits per heavy atom. The third-order valence-corrected chi connectivity index (χ3v) is 4.48. The lowest BCUT2D eigenvalue weighted by atomic mass is 10.1. The lowest BCUT2D eigenvalue weighted by molar-refractivity contribution is 0.0526. The van der Waals surface area contributed by atoms with Crippen LogP contribution in [0.2, 0.25) is 0 Å². The number of benzene rings is 2. The van der Waals surface area contributed by atoms with Crippen LogP contribution in [0.4, 0.5) is 0 Å². The van der Waals surface area contributed by atoms with Crippen molar-refractivity contribution >= 4 is 27.4 Å². The normalized spacial score (nSPS) is 10.7. The number of rotatable bonds is 4. The Hall–Kier alpha value is -2.33. The van der Waals surface area contributed by atoms with Crippen molar-refractivity contribution in [1.29, 1.82) is 0 Å². The van der Waals surface area contributed by atoms with Crippen molar-refractivity contribution in [1.82, 2.24) is 0 Å². The van der Waals surface area contributed by atoms with Crippen LogP contribution >= 0.6 is 11.3 Å². The highest BCUT2D eigenvalue weighted by Gasteiger charge is 2.14. The van der Waals surface area contributed by atoms with Gasteiger partial charge in [0, 0.05) is 15.0 Å². The minimum absolute atomic E-state index is 0.325. The third kappa shape index (κ3) is 3.37. The highest BCUT2D eigenvalue weighted by Crippen LogP contribution is 2.36. The second kappa shape index (κ2) is 6.42. The van der Waals surface area contributed by atoms with E-state index in [9.17, 15) is 4.79 Å². The number of carbonyl (C=O) groups is 1. The zero-order valence-corrected chi connectivity index (χ0v) is 14.2. The van der Waals surface area contributed by atoms with Gasteiger partial charge in [0.25, 0.3) is 0 Å². The molecule has 0 radical (unpaired) electrons. The first kappa shape index (κ1) is 15.6. The average molecular weight is 326 g/mol. The number of esters is 1. The third-order valence-electron chi connectivity index (χ3n) is 3.48. The molecule has 0 unspecified atom stereocenters. The second-order valence-corrected chi connectivity index (χ2v) is 6.67. The molecule has 0 bridgehead atoms. The van der Waals surface area contributed by atoms with Gasteiger partial charge in [-0.15, -0.1) is 11.3 Å². The summed E-state index contributed by atoms with van der Waals surface area (Å²) in [5, 5.41) is 1.01. The Balaban J connectivity index is 2.05. The summed E-state index contributed by atoms with van der Waals surface area (Å²) in [7, 11) is 0. The van der Waals surface area contributed by atoms with E-state index in [1.165, 1.54) is 10.4 Å². The maximum atomic E-state index is 12.1. The van der Waals surface area contributed by atoms with Crippen LogP contribution in [0.1, 0.15) is 27.7 Å². The Morgan fingerprint density at radius 3 is 2.52 bits per heavy atom. The van der Waals surface area contributed by atoms with E-state index in [0.717, 1.165) is 15.8 Å². The van der Waals surface area contributed by atoms with E-state index in [2.05, 4.69) is 6.07 Å². The number of hydrogen-bond acceptors (Lipinski definition) is 4. The molecule has 3 aromatic rings. The summed E-state index contributed by atoms with van der Waals surface area (Å²) in [6, 6.07) is 13.6. The zero-order valence-electron chi connectivity index (χ0n) is 13.4. The van der Waals surface area contributed by atoms with Gasteiger partial charge in [0.15, 0.2) is 0 Å². The largest absolute Gasteiger partial charge is 0.462 e. The van der Waals surface area contributed by atoms with E-state index in [1.807, 2.05) is 44.2 Å². The second-order valence-electron chi connectivity index (χ2n) is 5.38. The summed E-state index contributed by atoms with van der Waals surface area (Å²) in [5.74, 6) is 1.11. The van der Waals surface area contributed by atoms with E-state index < -0.39 is 0 Å². The Labute approximate surface area is 139 Å². The van der Waals surface area contributed by atoms with Crippen LogP contribution < -0.4 is 4.74 Å². The summed E-state index contributed by atoms with van der Waals surface area (Å²) in [6.07, 6.45) is 0. The molecule has 0 N–H and O–H groups in total. The molecule has 4 heteroatoms. The van der Waals surface area contributed by atoms with Crippen molar-refractivity contribution in [3.05, 3.63) is 58.5 Å². The van der Waals surface area contributed by atoms with Gasteiger partial charge >= 0.3 is 5.97 Å². The van der Waals surface area contributed by atoms with Crippen molar-refractivity contribution in [3.63, 3.8) is 0 Å². The predicted octanol–water partition coefficient (Wildman–Crippen LogP) is 5.49. The fourth-order valence-electron chi connectivity index (χ4n) is 2.38. The fourth-order valence-corrected chi connectivity index (χ4v) is 3.36. The van der Waals surface area contributed by atoms with Crippen LogP contribution in [-0.4, -0.2) is 12.6 Å². The van der Waals surface area contributed by atoms with Crippen molar-refractivity contribution in [2.75, 3.05) is 6.61 Å². The van der Waals surface area contributed by atoms with Crippen LogP contribution in [0.25, 0.3) is 10.1 Å². The van der Waals surface area contributed by atoms with Crippen molar-refractivity contribution < 1.29 is 14.3 Å². The average Bonchev–Trinajstić information content (AvgIpc) is 2.90. The van der Waals surface area contributed by atoms with E-state index in [0.29, 0.717) is 17.9 Å². The molecule has 0 saturated carbocycles. The molecule has 0 amide bonds. The van der Waals surface area contributed by atoms with Crippen molar-refractivity contribution in [3.8, 4) is 11.5 Å². The molecule has 2 aromatic carbocycles. The van der Waals surface area contributed by atoms with Gasteiger partial charge in [-0.1, -0.05) is 17.7 Å². The molecule has 0 aliphatic carbocycles. The zero-order chi connectivity index (χ0) is 16.4. The van der Waals surface area contributed by atoms with Crippen LogP contribution in [0.15, 0.2) is 42.5 Å². The molecule has 3 rings (SSSR count). The molecule has 0 fully saturated rings. The minimum Gasteiger partial charge on any atom is -0.462 e. The molecule has 23 heavy (non-hydrogen) atoms. The van der Waals surface area contributed by atoms with Gasteiger partial charge in [0.2, 0.25) is 0 Å². The van der Waals surface area contributed by atoms with Crippen LogP contribution in [-0.2, 0) is 4.74 Å². The molecule has 118 valence electrons. The molecule has 1 aromatic heterocycles. The van der Waals surface area contributed by atoms with Gasteiger partial charge in [0.1, 0.15) is 11.5 Å². The Bertz CT molecular complexity index is 847. The molecule has 3 nitrogen and oxygen atoms in total. The van der Waals surface area contributed by atoms with Gasteiger partial charge in [-0.3, -0.25) is 0 Å². The summed E-state index contributed by atoms with van der Waals surface area (Å²) in [4.78, 5) is 13.2. The van der Waals surface area contributed by atoms with E-state index >= 15 is 0 Å². The highest BCUT2D eigenvalue weighted by atomic mass is 32.1. The predicted molar refractivity (Wildman–Crippen MR) is 93.8 cm³/mol.